The molecule has 0 fully saturated rings. The molecule has 1 aliphatic heterocycles. The smallest absolute Gasteiger partial charge is 0.452 e. The van der Waals surface area contributed by atoms with Crippen molar-refractivity contribution in [2.24, 2.45) is 0 Å². The maximum Gasteiger partial charge on any atom is 0.452 e. The van der Waals surface area contributed by atoms with Crippen LogP contribution in [0.15, 0.2) is 42.5 Å². The van der Waals surface area contributed by atoms with E-state index in [2.05, 4.69) is 10.2 Å². The van der Waals surface area contributed by atoms with E-state index in [1.807, 2.05) is 0 Å². The lowest BCUT2D eigenvalue weighted by Crippen LogP contribution is -2.18. The second-order valence-corrected chi connectivity index (χ2v) is 7.54. The molecule has 0 aliphatic carbocycles. The number of aromatic nitrogens is 3. The summed E-state index contributed by atoms with van der Waals surface area (Å²) in [5.41, 5.74) is -1.89. The highest BCUT2D eigenvalue weighted by Crippen LogP contribution is 2.46. The van der Waals surface area contributed by atoms with Crippen molar-refractivity contribution in [3.63, 3.8) is 0 Å². The molecule has 0 amide bonds. The van der Waals surface area contributed by atoms with Crippen LogP contribution in [0.5, 0.6) is 0 Å². The fourth-order valence-corrected chi connectivity index (χ4v) is 3.87. The molecule has 13 heteroatoms. The van der Waals surface area contributed by atoms with E-state index < -0.39 is 59.7 Å². The van der Waals surface area contributed by atoms with Gasteiger partial charge in [-0.05, 0) is 29.8 Å². The Kier molecular flexibility index (Phi) is 5.61. The van der Waals surface area contributed by atoms with Crippen molar-refractivity contribution in [1.29, 1.82) is 0 Å². The van der Waals surface area contributed by atoms with Crippen LogP contribution in [-0.2, 0) is 21.9 Å². The molecule has 1 aromatic heterocycles. The number of hydrogen-bond donors (Lipinski definition) is 1. The van der Waals surface area contributed by atoms with Crippen molar-refractivity contribution in [1.82, 2.24) is 14.8 Å². The van der Waals surface area contributed by atoms with Crippen LogP contribution in [-0.4, -0.2) is 25.8 Å². The van der Waals surface area contributed by atoms with Crippen LogP contribution in [0, 0.1) is 0 Å². The molecule has 174 valence electrons. The fraction of sp³-hybridized carbons (Fsp3) is 0.250. The van der Waals surface area contributed by atoms with Gasteiger partial charge in [0.05, 0.1) is 17.7 Å². The first-order valence-electron chi connectivity index (χ1n) is 9.23. The second kappa shape index (κ2) is 8.03. The number of rotatable bonds is 3. The van der Waals surface area contributed by atoms with Crippen LogP contribution in [0.1, 0.15) is 47.0 Å². The van der Waals surface area contributed by atoms with Gasteiger partial charge in [0.1, 0.15) is 12.2 Å². The number of nitrogens with zero attached hydrogens (tertiary/aromatic N) is 3. The number of hydrogen-bond acceptors (Lipinski definition) is 4. The zero-order valence-electron chi connectivity index (χ0n) is 16.2. The number of carboxylic acid groups (broad SMARTS) is 1. The van der Waals surface area contributed by atoms with E-state index >= 15 is 0 Å². The average Bonchev–Trinajstić information content (AvgIpc) is 3.11. The molecule has 6 nitrogen and oxygen atoms in total. The summed E-state index contributed by atoms with van der Waals surface area (Å²) in [6.07, 6.45) is -14.0. The molecule has 3 aromatic rings. The largest absolute Gasteiger partial charge is 0.481 e. The second-order valence-electron chi connectivity index (χ2n) is 7.11. The quantitative estimate of drug-likeness (QED) is 0.483. The van der Waals surface area contributed by atoms with Crippen molar-refractivity contribution < 1.29 is 41.0 Å². The molecule has 0 saturated heterocycles. The van der Waals surface area contributed by atoms with Crippen LogP contribution in [0.2, 0.25) is 5.02 Å². The van der Waals surface area contributed by atoms with Gasteiger partial charge in [0.2, 0.25) is 5.82 Å². The van der Waals surface area contributed by atoms with Crippen LogP contribution in [0.25, 0.3) is 5.69 Å². The first-order valence-corrected chi connectivity index (χ1v) is 9.61. The van der Waals surface area contributed by atoms with E-state index in [4.69, 9.17) is 16.3 Å². The van der Waals surface area contributed by atoms with Gasteiger partial charge in [-0.2, -0.15) is 26.3 Å². The maximum atomic E-state index is 13.7. The van der Waals surface area contributed by atoms with Gasteiger partial charge in [-0.1, -0.05) is 29.8 Å². The standard InChI is InChI=1S/C20H12ClF6N3O3/c21-9-5-6-13-11(7-9)16(10-3-1-2-4-12(10)19(22,23)24)33-14(8-15(31)32)17-28-29-18(30(13)17)20(25,26)27/h1-7,14,16H,8H2,(H,31,32). The van der Waals surface area contributed by atoms with Gasteiger partial charge < -0.3 is 9.84 Å². The van der Waals surface area contributed by atoms with E-state index in [1.54, 1.807) is 0 Å². The Morgan fingerprint density at radius 1 is 1.03 bits per heavy atom. The van der Waals surface area contributed by atoms with Crippen molar-refractivity contribution in [2.75, 3.05) is 0 Å². The zero-order chi connectivity index (χ0) is 24.1. The van der Waals surface area contributed by atoms with Gasteiger partial charge in [-0.15, -0.1) is 10.2 Å². The lowest BCUT2D eigenvalue weighted by atomic mass is 9.95. The Balaban J connectivity index is 2.04. The summed E-state index contributed by atoms with van der Waals surface area (Å²) in [4.78, 5) is 11.4. The first-order chi connectivity index (χ1) is 15.4. The van der Waals surface area contributed by atoms with E-state index in [0.717, 1.165) is 24.3 Å². The summed E-state index contributed by atoms with van der Waals surface area (Å²) in [6.45, 7) is 0. The molecule has 4 rings (SSSR count). The summed E-state index contributed by atoms with van der Waals surface area (Å²) in [5.74, 6) is -3.46. The third-order valence-electron chi connectivity index (χ3n) is 4.95. The molecule has 1 N–H and O–H groups in total. The highest BCUT2D eigenvalue weighted by atomic mass is 35.5. The monoisotopic (exact) mass is 491 g/mol. The van der Waals surface area contributed by atoms with Gasteiger partial charge in [-0.25, -0.2) is 0 Å². The summed E-state index contributed by atoms with van der Waals surface area (Å²) in [5, 5.41) is 15.9. The minimum absolute atomic E-state index is 0.0201. The van der Waals surface area contributed by atoms with Crippen molar-refractivity contribution in [2.45, 2.75) is 31.0 Å². The molecule has 0 spiro atoms. The van der Waals surface area contributed by atoms with Crippen LogP contribution < -0.4 is 0 Å². The lowest BCUT2D eigenvalue weighted by molar-refractivity contribution is -0.146. The summed E-state index contributed by atoms with van der Waals surface area (Å²) < 4.78 is 88.6. The number of halogens is 7. The number of benzene rings is 2. The molecular formula is C20H12ClF6N3O3. The Morgan fingerprint density at radius 3 is 2.36 bits per heavy atom. The van der Waals surface area contributed by atoms with E-state index in [9.17, 15) is 36.2 Å². The topological polar surface area (TPSA) is 77.2 Å². The van der Waals surface area contributed by atoms with Gasteiger partial charge in [-0.3, -0.25) is 9.36 Å². The van der Waals surface area contributed by atoms with Crippen LogP contribution >= 0.6 is 11.6 Å². The van der Waals surface area contributed by atoms with Crippen molar-refractivity contribution >= 4 is 17.6 Å². The molecule has 0 saturated carbocycles. The number of aliphatic carboxylic acids is 1. The molecule has 2 heterocycles. The van der Waals surface area contributed by atoms with E-state index in [-0.39, 0.29) is 16.3 Å². The normalized spacial score (nSPS) is 18.4. The van der Waals surface area contributed by atoms with E-state index in [1.165, 1.54) is 18.2 Å². The minimum Gasteiger partial charge on any atom is -0.481 e. The predicted octanol–water partition coefficient (Wildman–Crippen LogP) is 5.59. The Bertz CT molecular complexity index is 1220. The van der Waals surface area contributed by atoms with Crippen molar-refractivity contribution in [3.8, 4) is 5.69 Å². The zero-order valence-corrected chi connectivity index (χ0v) is 16.9. The van der Waals surface area contributed by atoms with Crippen molar-refractivity contribution in [3.05, 3.63) is 75.8 Å². The molecule has 0 bridgehead atoms. The van der Waals surface area contributed by atoms with Crippen LogP contribution in [0.3, 0.4) is 0 Å². The Hall–Kier alpha value is -3.12. The lowest BCUT2D eigenvalue weighted by Gasteiger charge is -2.25. The van der Waals surface area contributed by atoms with Crippen LogP contribution in [0.4, 0.5) is 26.3 Å². The van der Waals surface area contributed by atoms with Gasteiger partial charge in [0.25, 0.3) is 0 Å². The molecule has 33 heavy (non-hydrogen) atoms. The Labute approximate surface area is 186 Å². The van der Waals surface area contributed by atoms with Gasteiger partial charge in [0, 0.05) is 10.6 Å². The maximum absolute atomic E-state index is 13.7. The highest BCUT2D eigenvalue weighted by molar-refractivity contribution is 6.30. The average molecular weight is 492 g/mol. The fourth-order valence-electron chi connectivity index (χ4n) is 3.69. The number of carbonyl (C=O) groups is 1. The number of carboxylic acids is 1. The molecule has 1 aliphatic rings. The van der Waals surface area contributed by atoms with Gasteiger partial charge >= 0.3 is 18.3 Å². The number of alkyl halides is 6. The summed E-state index contributed by atoms with van der Waals surface area (Å²) in [6, 6.07) is 7.92. The Morgan fingerprint density at radius 2 is 1.73 bits per heavy atom. The minimum atomic E-state index is -5.00. The molecule has 2 atom stereocenters. The number of fused-ring (bicyclic) bond motifs is 3. The SMILES string of the molecule is O=C(O)CC1OC(c2ccccc2C(F)(F)F)c2cc(Cl)ccc2-n2c1nnc2C(F)(F)F. The van der Waals surface area contributed by atoms with E-state index in [0.29, 0.717) is 4.57 Å². The first kappa shape index (κ1) is 23.1. The molecular weight excluding hydrogens is 480 g/mol. The molecule has 0 radical (unpaired) electrons. The third-order valence-corrected chi connectivity index (χ3v) is 5.19. The molecule has 2 unspecified atom stereocenters. The summed E-state index contributed by atoms with van der Waals surface area (Å²) >= 11 is 6.03. The molecule has 2 aromatic carbocycles. The van der Waals surface area contributed by atoms with Gasteiger partial charge in [0.15, 0.2) is 5.82 Å². The summed E-state index contributed by atoms with van der Waals surface area (Å²) in [7, 11) is 0. The third kappa shape index (κ3) is 4.27. The highest BCUT2D eigenvalue weighted by Gasteiger charge is 2.44. The predicted molar refractivity (Wildman–Crippen MR) is 101 cm³/mol. The number of ether oxygens (including phenoxy) is 1.